The molecule has 4 atom stereocenters. The van der Waals surface area contributed by atoms with Crippen molar-refractivity contribution >= 4 is 35.2 Å². The van der Waals surface area contributed by atoms with Crippen molar-refractivity contribution in [2.24, 2.45) is 23.7 Å². The number of nitrogens with zero attached hydrogens (tertiary/aromatic N) is 1. The standard InChI is InChI=1S/C31H34ClNO4/c1-4-19(14-20-11-12-22(34)15-26(20)32)10-13-27-28-23(18(2)3)16-24-29(25(28)17-37-27)31(36)33(30(24)35)21-8-6-5-7-9-21/h5-9,11-12,14-15,18,24-25,27,29,34H,4,10,13,16-17H2,1-3H3/b19-14+/t24-,25+,27-,29-/m1/s1. The van der Waals surface area contributed by atoms with Gasteiger partial charge in [0.05, 0.1) is 35.3 Å². The molecule has 2 heterocycles. The second-order valence-corrected chi connectivity index (χ2v) is 11.1. The van der Waals surface area contributed by atoms with Crippen molar-refractivity contribution in [1.29, 1.82) is 0 Å². The predicted octanol–water partition coefficient (Wildman–Crippen LogP) is 6.80. The van der Waals surface area contributed by atoms with Crippen LogP contribution in [0, 0.1) is 23.7 Å². The lowest BCUT2D eigenvalue weighted by atomic mass is 9.67. The van der Waals surface area contributed by atoms with E-state index in [1.807, 2.05) is 36.4 Å². The van der Waals surface area contributed by atoms with Crippen LogP contribution >= 0.6 is 11.6 Å². The first-order valence-corrected chi connectivity index (χ1v) is 13.6. The zero-order valence-corrected chi connectivity index (χ0v) is 22.4. The number of amides is 2. The maximum Gasteiger partial charge on any atom is 0.238 e. The topological polar surface area (TPSA) is 66.8 Å². The van der Waals surface area contributed by atoms with Crippen molar-refractivity contribution in [2.45, 2.75) is 52.6 Å². The first kappa shape index (κ1) is 25.7. The summed E-state index contributed by atoms with van der Waals surface area (Å²) in [6, 6.07) is 14.3. The minimum Gasteiger partial charge on any atom is -0.508 e. The van der Waals surface area contributed by atoms with Crippen LogP contribution in [0.3, 0.4) is 0 Å². The number of carbonyl (C=O) groups is 2. The van der Waals surface area contributed by atoms with Crippen LogP contribution in [0.15, 0.2) is 65.3 Å². The smallest absolute Gasteiger partial charge is 0.238 e. The highest BCUT2D eigenvalue weighted by molar-refractivity contribution is 6.32. The summed E-state index contributed by atoms with van der Waals surface area (Å²) in [4.78, 5) is 28.5. The molecule has 5 rings (SSSR count). The van der Waals surface area contributed by atoms with Gasteiger partial charge in [-0.05, 0) is 73.1 Å². The molecule has 2 aliphatic heterocycles. The Morgan fingerprint density at radius 2 is 1.89 bits per heavy atom. The molecule has 5 nitrogen and oxygen atoms in total. The molecule has 194 valence electrons. The third kappa shape index (κ3) is 4.75. The number of halogens is 1. The van der Waals surface area contributed by atoms with Gasteiger partial charge in [-0.3, -0.25) is 14.5 Å². The number of anilines is 1. The summed E-state index contributed by atoms with van der Waals surface area (Å²) in [6.07, 6.45) is 5.22. The van der Waals surface area contributed by atoms with Gasteiger partial charge in [0, 0.05) is 5.92 Å². The Hall–Kier alpha value is -2.89. The fourth-order valence-corrected chi connectivity index (χ4v) is 6.54. The molecule has 2 aromatic rings. The molecule has 0 bridgehead atoms. The summed E-state index contributed by atoms with van der Waals surface area (Å²) in [6.45, 7) is 6.96. The van der Waals surface area contributed by atoms with Gasteiger partial charge in [0.1, 0.15) is 5.75 Å². The number of phenolic OH excluding ortho intramolecular Hbond substituents is 1. The fraction of sp³-hybridized carbons (Fsp3) is 0.419. The minimum absolute atomic E-state index is 0.0492. The molecule has 0 unspecified atom stereocenters. The summed E-state index contributed by atoms with van der Waals surface area (Å²) in [7, 11) is 0. The third-order valence-corrected chi connectivity index (χ3v) is 8.51. The Labute approximate surface area is 223 Å². The highest BCUT2D eigenvalue weighted by Gasteiger charge is 2.57. The molecule has 3 aliphatic rings. The summed E-state index contributed by atoms with van der Waals surface area (Å²) in [5.74, 6) is -0.452. The average molecular weight is 520 g/mol. The maximum absolute atomic E-state index is 13.6. The quantitative estimate of drug-likeness (QED) is 0.323. The van der Waals surface area contributed by atoms with Crippen LogP contribution in [0.4, 0.5) is 5.69 Å². The third-order valence-electron chi connectivity index (χ3n) is 8.18. The molecule has 0 spiro atoms. The van der Waals surface area contributed by atoms with E-state index in [0.717, 1.165) is 24.8 Å². The minimum atomic E-state index is -0.354. The molecule has 2 fully saturated rings. The molecule has 2 saturated heterocycles. The lowest BCUT2D eigenvalue weighted by Gasteiger charge is -2.33. The van der Waals surface area contributed by atoms with Crippen molar-refractivity contribution in [3.8, 4) is 5.75 Å². The van der Waals surface area contributed by atoms with Crippen LogP contribution in [0.5, 0.6) is 5.75 Å². The van der Waals surface area contributed by atoms with Gasteiger partial charge in [-0.1, -0.05) is 67.8 Å². The monoisotopic (exact) mass is 519 g/mol. The van der Waals surface area contributed by atoms with Crippen molar-refractivity contribution in [1.82, 2.24) is 0 Å². The first-order valence-electron chi connectivity index (χ1n) is 13.2. The van der Waals surface area contributed by atoms with Crippen molar-refractivity contribution in [2.75, 3.05) is 11.5 Å². The number of fused-ring (bicyclic) bond motifs is 3. The molecule has 0 saturated carbocycles. The normalized spacial score (nSPS) is 25.8. The molecular formula is C31H34ClNO4. The first-order chi connectivity index (χ1) is 17.8. The second-order valence-electron chi connectivity index (χ2n) is 10.6. The predicted molar refractivity (Wildman–Crippen MR) is 146 cm³/mol. The Balaban J connectivity index is 1.39. The van der Waals surface area contributed by atoms with Gasteiger partial charge in [0.15, 0.2) is 0 Å². The molecule has 1 N–H and O–H groups in total. The van der Waals surface area contributed by atoms with E-state index in [9.17, 15) is 14.7 Å². The molecular weight excluding hydrogens is 486 g/mol. The molecule has 37 heavy (non-hydrogen) atoms. The van der Waals surface area contributed by atoms with Crippen molar-refractivity contribution in [3.63, 3.8) is 0 Å². The van der Waals surface area contributed by atoms with Gasteiger partial charge >= 0.3 is 0 Å². The van der Waals surface area contributed by atoms with E-state index >= 15 is 0 Å². The summed E-state index contributed by atoms with van der Waals surface area (Å²) < 4.78 is 6.37. The van der Waals surface area contributed by atoms with Crippen LogP contribution < -0.4 is 4.90 Å². The SMILES string of the molecule is CC/C(=C\c1ccc(O)cc1Cl)CC[C@H]1OC[C@H]2C1=C(C(C)C)C[C@H]1C(=O)N(c3ccccc3)C(=O)[C@H]12. The van der Waals surface area contributed by atoms with Gasteiger partial charge in [-0.2, -0.15) is 0 Å². The van der Waals surface area contributed by atoms with Crippen LogP contribution in [-0.4, -0.2) is 29.6 Å². The number of imide groups is 1. The number of rotatable bonds is 7. The number of hydrogen-bond acceptors (Lipinski definition) is 4. The number of carbonyl (C=O) groups excluding carboxylic acids is 2. The lowest BCUT2D eigenvalue weighted by Crippen LogP contribution is -2.35. The Morgan fingerprint density at radius 1 is 1.14 bits per heavy atom. The van der Waals surface area contributed by atoms with Crippen LogP contribution in [-0.2, 0) is 14.3 Å². The van der Waals surface area contributed by atoms with Gasteiger partial charge in [-0.25, -0.2) is 0 Å². The summed E-state index contributed by atoms with van der Waals surface area (Å²) in [5.41, 5.74) is 5.34. The second kappa shape index (κ2) is 10.5. The van der Waals surface area contributed by atoms with Crippen LogP contribution in [0.1, 0.15) is 52.0 Å². The van der Waals surface area contributed by atoms with Crippen molar-refractivity contribution in [3.05, 3.63) is 75.8 Å². The highest BCUT2D eigenvalue weighted by Crippen LogP contribution is 2.52. The van der Waals surface area contributed by atoms with E-state index in [-0.39, 0.29) is 47.3 Å². The number of allylic oxidation sites excluding steroid dienone is 2. The zero-order valence-electron chi connectivity index (χ0n) is 21.6. The Morgan fingerprint density at radius 3 is 2.57 bits per heavy atom. The van der Waals surface area contributed by atoms with E-state index in [2.05, 4.69) is 26.8 Å². The molecule has 1 aliphatic carbocycles. The largest absolute Gasteiger partial charge is 0.508 e. The van der Waals surface area contributed by atoms with E-state index in [4.69, 9.17) is 16.3 Å². The van der Waals surface area contributed by atoms with Crippen LogP contribution in [0.25, 0.3) is 6.08 Å². The average Bonchev–Trinajstić information content (AvgIpc) is 3.41. The van der Waals surface area contributed by atoms with E-state index < -0.39 is 0 Å². The number of ether oxygens (including phenoxy) is 1. The van der Waals surface area contributed by atoms with E-state index in [1.165, 1.54) is 21.6 Å². The molecule has 6 heteroatoms. The zero-order chi connectivity index (χ0) is 26.3. The summed E-state index contributed by atoms with van der Waals surface area (Å²) >= 11 is 6.34. The van der Waals surface area contributed by atoms with E-state index in [1.54, 1.807) is 12.1 Å². The van der Waals surface area contributed by atoms with Crippen LogP contribution in [0.2, 0.25) is 5.02 Å². The maximum atomic E-state index is 13.6. The molecule has 0 radical (unpaired) electrons. The fourth-order valence-electron chi connectivity index (χ4n) is 6.31. The van der Waals surface area contributed by atoms with Gasteiger partial charge in [-0.15, -0.1) is 0 Å². The number of aromatic hydroxyl groups is 1. The lowest BCUT2D eigenvalue weighted by molar-refractivity contribution is -0.122. The molecule has 2 aromatic carbocycles. The van der Waals surface area contributed by atoms with Gasteiger partial charge in [0.2, 0.25) is 11.8 Å². The Kier molecular flexibility index (Phi) is 7.28. The van der Waals surface area contributed by atoms with Gasteiger partial charge < -0.3 is 9.84 Å². The number of hydrogen-bond donors (Lipinski definition) is 1. The number of phenols is 1. The highest BCUT2D eigenvalue weighted by atomic mass is 35.5. The van der Waals surface area contributed by atoms with E-state index in [0.29, 0.717) is 23.7 Å². The number of para-hydroxylation sites is 1. The van der Waals surface area contributed by atoms with Crippen molar-refractivity contribution < 1.29 is 19.4 Å². The number of benzene rings is 2. The van der Waals surface area contributed by atoms with Gasteiger partial charge in [0.25, 0.3) is 0 Å². The molecule has 2 amide bonds. The Bertz CT molecular complexity index is 1270. The molecule has 0 aromatic heterocycles. The summed E-state index contributed by atoms with van der Waals surface area (Å²) in [5, 5.41) is 10.2.